The molecule has 0 aliphatic heterocycles. The number of aliphatic carboxylic acids is 1. The molecule has 2 N–H and O–H groups in total. The van der Waals surface area contributed by atoms with Crippen molar-refractivity contribution in [3.05, 3.63) is 0 Å². The highest BCUT2D eigenvalue weighted by Gasteiger charge is 2.46. The molecular weight excluding hydrogens is 234 g/mol. The van der Waals surface area contributed by atoms with E-state index in [9.17, 15) is 9.59 Å². The van der Waals surface area contributed by atoms with Gasteiger partial charge in [0.15, 0.2) is 0 Å². The van der Waals surface area contributed by atoms with Crippen molar-refractivity contribution in [3.63, 3.8) is 0 Å². The van der Waals surface area contributed by atoms with Gasteiger partial charge in [-0.1, -0.05) is 0 Å². The van der Waals surface area contributed by atoms with Crippen molar-refractivity contribution in [2.24, 2.45) is 0 Å². The summed E-state index contributed by atoms with van der Waals surface area (Å²) in [4.78, 5) is 24.7. The summed E-state index contributed by atoms with van der Waals surface area (Å²) >= 11 is 0. The van der Waals surface area contributed by atoms with Gasteiger partial charge in [-0.3, -0.25) is 0 Å². The summed E-state index contributed by atoms with van der Waals surface area (Å²) in [5, 5.41) is 20.3. The molecule has 1 aliphatic rings. The maximum absolute atomic E-state index is 12.0. The van der Waals surface area contributed by atoms with Crippen LogP contribution in [0, 0.1) is 11.3 Å². The highest BCUT2D eigenvalue weighted by atomic mass is 16.4. The summed E-state index contributed by atoms with van der Waals surface area (Å²) in [6.07, 6.45) is 1.99. The van der Waals surface area contributed by atoms with Gasteiger partial charge >= 0.3 is 12.0 Å². The van der Waals surface area contributed by atoms with E-state index in [0.29, 0.717) is 19.4 Å². The average Bonchev–Trinajstić information content (AvgIpc) is 2.22. The fraction of sp³-hybridized carbons (Fsp3) is 0.750. The number of hydrogen-bond donors (Lipinski definition) is 2. The van der Waals surface area contributed by atoms with Crippen molar-refractivity contribution < 1.29 is 14.7 Å². The standard InChI is InChI=1S/C12H19N3O3/c1-9(2)15(8-4-7-13)11(18)14-12(10(16)17)5-3-6-12/h9H,3-6,8H2,1-2H3,(H,14,18)(H,16,17). The van der Waals surface area contributed by atoms with Gasteiger partial charge in [0, 0.05) is 12.6 Å². The van der Waals surface area contributed by atoms with Gasteiger partial charge in [0.2, 0.25) is 0 Å². The molecule has 6 heteroatoms. The smallest absolute Gasteiger partial charge is 0.329 e. The number of hydrogen-bond acceptors (Lipinski definition) is 3. The number of carbonyl (C=O) groups excluding carboxylic acids is 1. The lowest BCUT2D eigenvalue weighted by Crippen LogP contribution is -2.62. The Morgan fingerprint density at radius 3 is 2.44 bits per heavy atom. The molecule has 0 aromatic heterocycles. The van der Waals surface area contributed by atoms with Crippen molar-refractivity contribution in [2.75, 3.05) is 6.54 Å². The van der Waals surface area contributed by atoms with Crippen molar-refractivity contribution in [3.8, 4) is 6.07 Å². The van der Waals surface area contributed by atoms with Crippen LogP contribution in [0.15, 0.2) is 0 Å². The van der Waals surface area contributed by atoms with Crippen LogP contribution in [-0.4, -0.2) is 40.1 Å². The minimum Gasteiger partial charge on any atom is -0.480 e. The van der Waals surface area contributed by atoms with Crippen LogP contribution in [0.5, 0.6) is 0 Å². The molecule has 2 amide bonds. The Bertz CT molecular complexity index is 369. The van der Waals surface area contributed by atoms with Crippen molar-refractivity contribution in [1.82, 2.24) is 10.2 Å². The van der Waals surface area contributed by atoms with Gasteiger partial charge in [0.05, 0.1) is 12.5 Å². The largest absolute Gasteiger partial charge is 0.480 e. The van der Waals surface area contributed by atoms with E-state index in [1.165, 1.54) is 4.90 Å². The molecule has 0 heterocycles. The molecule has 0 radical (unpaired) electrons. The van der Waals surface area contributed by atoms with Crippen LogP contribution in [0.25, 0.3) is 0 Å². The second-order valence-corrected chi connectivity index (χ2v) is 4.87. The molecule has 18 heavy (non-hydrogen) atoms. The molecule has 1 saturated carbocycles. The number of carboxylic acid groups (broad SMARTS) is 1. The fourth-order valence-corrected chi connectivity index (χ4v) is 1.96. The average molecular weight is 253 g/mol. The molecule has 0 atom stereocenters. The molecule has 0 spiro atoms. The zero-order valence-corrected chi connectivity index (χ0v) is 10.8. The summed E-state index contributed by atoms with van der Waals surface area (Å²) in [5.74, 6) is -0.980. The van der Waals surface area contributed by atoms with E-state index >= 15 is 0 Å². The Kier molecular flexibility index (Phi) is 4.54. The van der Waals surface area contributed by atoms with Gasteiger partial charge in [0.1, 0.15) is 5.54 Å². The van der Waals surface area contributed by atoms with Gasteiger partial charge in [-0.15, -0.1) is 0 Å². The van der Waals surface area contributed by atoms with E-state index in [1.807, 2.05) is 19.9 Å². The Morgan fingerprint density at radius 2 is 2.11 bits per heavy atom. The fourth-order valence-electron chi connectivity index (χ4n) is 1.96. The van der Waals surface area contributed by atoms with E-state index in [0.717, 1.165) is 6.42 Å². The Balaban J connectivity index is 2.67. The number of amides is 2. The molecule has 1 fully saturated rings. The first-order valence-corrected chi connectivity index (χ1v) is 6.12. The van der Waals surface area contributed by atoms with E-state index < -0.39 is 17.5 Å². The first-order chi connectivity index (χ1) is 8.43. The van der Waals surface area contributed by atoms with Gasteiger partial charge in [-0.25, -0.2) is 9.59 Å². The lowest BCUT2D eigenvalue weighted by atomic mass is 9.77. The zero-order valence-electron chi connectivity index (χ0n) is 10.8. The summed E-state index contributed by atoms with van der Waals surface area (Å²) in [6, 6.07) is 1.52. The number of nitrogens with zero attached hydrogens (tertiary/aromatic N) is 2. The summed E-state index contributed by atoms with van der Waals surface area (Å²) in [6.45, 7) is 3.99. The molecule has 1 aliphatic carbocycles. The van der Waals surface area contributed by atoms with Crippen molar-refractivity contribution in [1.29, 1.82) is 5.26 Å². The minimum absolute atomic E-state index is 0.0655. The third-order valence-corrected chi connectivity index (χ3v) is 3.31. The third-order valence-electron chi connectivity index (χ3n) is 3.31. The Morgan fingerprint density at radius 1 is 1.50 bits per heavy atom. The summed E-state index contributed by atoms with van der Waals surface area (Å²) < 4.78 is 0. The van der Waals surface area contributed by atoms with Crippen LogP contribution in [-0.2, 0) is 4.79 Å². The number of carboxylic acids is 1. The van der Waals surface area contributed by atoms with E-state index in [2.05, 4.69) is 5.32 Å². The van der Waals surface area contributed by atoms with Crippen LogP contribution < -0.4 is 5.32 Å². The highest BCUT2D eigenvalue weighted by Crippen LogP contribution is 2.32. The molecule has 0 aromatic carbocycles. The normalized spacial score (nSPS) is 16.6. The number of rotatable bonds is 5. The van der Waals surface area contributed by atoms with Crippen LogP contribution >= 0.6 is 0 Å². The van der Waals surface area contributed by atoms with E-state index in [4.69, 9.17) is 10.4 Å². The Labute approximate surface area is 107 Å². The van der Waals surface area contributed by atoms with Crippen LogP contribution in [0.4, 0.5) is 4.79 Å². The van der Waals surface area contributed by atoms with Crippen LogP contribution in [0.1, 0.15) is 39.5 Å². The predicted molar refractivity (Wildman–Crippen MR) is 64.8 cm³/mol. The molecule has 100 valence electrons. The Hall–Kier alpha value is -1.77. The number of nitriles is 1. The lowest BCUT2D eigenvalue weighted by molar-refractivity contribution is -0.148. The van der Waals surface area contributed by atoms with E-state index in [1.54, 1.807) is 0 Å². The molecule has 0 unspecified atom stereocenters. The third kappa shape index (κ3) is 2.92. The number of carbonyl (C=O) groups is 2. The second-order valence-electron chi connectivity index (χ2n) is 4.87. The van der Waals surface area contributed by atoms with Gasteiger partial charge < -0.3 is 15.3 Å². The van der Waals surface area contributed by atoms with E-state index in [-0.39, 0.29) is 12.5 Å². The van der Waals surface area contributed by atoms with Gasteiger partial charge in [-0.2, -0.15) is 5.26 Å². The SMILES string of the molecule is CC(C)N(CCC#N)C(=O)NC1(C(=O)O)CCC1. The second kappa shape index (κ2) is 5.71. The van der Waals surface area contributed by atoms with Gasteiger partial charge in [-0.05, 0) is 33.1 Å². The molecule has 0 saturated heterocycles. The summed E-state index contributed by atoms with van der Waals surface area (Å²) in [5.41, 5.74) is -1.10. The zero-order chi connectivity index (χ0) is 13.8. The van der Waals surface area contributed by atoms with Gasteiger partial charge in [0.25, 0.3) is 0 Å². The maximum Gasteiger partial charge on any atom is 0.329 e. The monoisotopic (exact) mass is 253 g/mol. The quantitative estimate of drug-likeness (QED) is 0.772. The number of urea groups is 1. The number of nitrogens with one attached hydrogen (secondary N) is 1. The molecule has 0 aromatic rings. The first-order valence-electron chi connectivity index (χ1n) is 6.12. The predicted octanol–water partition coefficient (Wildman–Crippen LogP) is 1.33. The summed E-state index contributed by atoms with van der Waals surface area (Å²) in [7, 11) is 0. The van der Waals surface area contributed by atoms with Crippen molar-refractivity contribution >= 4 is 12.0 Å². The highest BCUT2D eigenvalue weighted by molar-refractivity contribution is 5.87. The molecule has 1 rings (SSSR count). The molecular formula is C12H19N3O3. The van der Waals surface area contributed by atoms with Crippen LogP contribution in [0.2, 0.25) is 0 Å². The first kappa shape index (κ1) is 14.3. The van der Waals surface area contributed by atoms with Crippen molar-refractivity contribution in [2.45, 2.75) is 51.1 Å². The molecule has 6 nitrogen and oxygen atoms in total. The topological polar surface area (TPSA) is 93.4 Å². The van der Waals surface area contributed by atoms with Crippen LogP contribution in [0.3, 0.4) is 0 Å². The maximum atomic E-state index is 12.0. The molecule has 0 bridgehead atoms. The minimum atomic E-state index is -1.10. The lowest BCUT2D eigenvalue weighted by Gasteiger charge is -2.40.